The van der Waals surface area contributed by atoms with Gasteiger partial charge in [0.1, 0.15) is 0 Å². The summed E-state index contributed by atoms with van der Waals surface area (Å²) in [5.41, 5.74) is 0.816. The van der Waals surface area contributed by atoms with E-state index in [1.807, 2.05) is 39.8 Å². The molecule has 3 nitrogen and oxygen atoms in total. The van der Waals surface area contributed by atoms with Crippen LogP contribution < -0.4 is 0 Å². The smallest absolute Gasteiger partial charge is 0.311 e. The van der Waals surface area contributed by atoms with Crippen LogP contribution in [0.4, 0.5) is 0 Å². The molecule has 2 aliphatic carbocycles. The van der Waals surface area contributed by atoms with Crippen molar-refractivity contribution in [2.24, 2.45) is 28.6 Å². The minimum absolute atomic E-state index is 0.0242. The van der Waals surface area contributed by atoms with Crippen LogP contribution in [0.1, 0.15) is 40.5 Å². The van der Waals surface area contributed by atoms with E-state index in [0.29, 0.717) is 12.8 Å². The highest BCUT2D eigenvalue weighted by molar-refractivity contribution is 5.83. The van der Waals surface area contributed by atoms with Gasteiger partial charge < -0.3 is 10.2 Å². The maximum atomic E-state index is 12.3. The Morgan fingerprint density at radius 3 is 2.50 bits per heavy atom. The Morgan fingerprint density at radius 2 is 2.00 bits per heavy atom. The highest BCUT2D eigenvalue weighted by Gasteiger charge is 2.78. The summed E-state index contributed by atoms with van der Waals surface area (Å²) < 4.78 is 0. The number of allylic oxidation sites excluding steroid dienone is 5. The first-order valence-electron chi connectivity index (χ1n) is 8.65. The second kappa shape index (κ2) is 6.36. The zero-order valence-electron chi connectivity index (χ0n) is 15.2. The molecule has 0 aromatic heterocycles. The lowest BCUT2D eigenvalue weighted by Gasteiger charge is -2.25. The fraction of sp³-hybridized carbons (Fsp3) is 0.571. The van der Waals surface area contributed by atoms with Crippen LogP contribution in [0.25, 0.3) is 0 Å². The molecule has 0 amide bonds. The lowest BCUT2D eigenvalue weighted by atomic mass is 9.77. The van der Waals surface area contributed by atoms with Crippen LogP contribution in [-0.4, -0.2) is 22.3 Å². The maximum absolute atomic E-state index is 12.3. The Balaban J connectivity index is 2.36. The number of aliphatic carboxylic acids is 1. The molecule has 0 aliphatic heterocycles. The number of hydrogen-bond donors (Lipinski definition) is 2. The summed E-state index contributed by atoms with van der Waals surface area (Å²) in [6, 6.07) is 0. The Labute approximate surface area is 145 Å². The zero-order chi connectivity index (χ0) is 18.3. The molecule has 3 heteroatoms. The third-order valence-electron chi connectivity index (χ3n) is 6.18. The number of carbonyl (C=O) groups is 1. The summed E-state index contributed by atoms with van der Waals surface area (Å²) in [6.07, 6.45) is 8.23. The largest absolute Gasteiger partial charge is 0.481 e. The van der Waals surface area contributed by atoms with Crippen molar-refractivity contribution >= 4 is 5.97 Å². The van der Waals surface area contributed by atoms with Crippen molar-refractivity contribution in [3.8, 4) is 0 Å². The van der Waals surface area contributed by atoms with Crippen molar-refractivity contribution in [3.05, 3.63) is 48.6 Å². The summed E-state index contributed by atoms with van der Waals surface area (Å²) in [5, 5.41) is 20.6. The molecule has 2 fully saturated rings. The average molecular weight is 330 g/mol. The fourth-order valence-corrected chi connectivity index (χ4v) is 4.91. The normalized spacial score (nSPS) is 37.5. The van der Waals surface area contributed by atoms with Crippen molar-refractivity contribution in [1.82, 2.24) is 0 Å². The van der Waals surface area contributed by atoms with E-state index in [9.17, 15) is 15.0 Å². The molecule has 0 unspecified atom stereocenters. The van der Waals surface area contributed by atoms with E-state index < -0.39 is 17.5 Å². The van der Waals surface area contributed by atoms with E-state index in [1.165, 1.54) is 0 Å². The molecule has 2 aliphatic rings. The molecular weight excluding hydrogens is 300 g/mol. The third kappa shape index (κ3) is 2.59. The Morgan fingerprint density at radius 1 is 1.38 bits per heavy atom. The van der Waals surface area contributed by atoms with E-state index in [2.05, 4.69) is 19.2 Å². The van der Waals surface area contributed by atoms with Crippen molar-refractivity contribution < 1.29 is 15.0 Å². The molecule has 24 heavy (non-hydrogen) atoms. The molecule has 0 heterocycles. The second-order valence-corrected chi connectivity index (χ2v) is 8.05. The molecule has 2 N–H and O–H groups in total. The zero-order valence-corrected chi connectivity index (χ0v) is 15.2. The van der Waals surface area contributed by atoms with E-state index in [1.54, 1.807) is 6.08 Å². The summed E-state index contributed by atoms with van der Waals surface area (Å²) >= 11 is 0. The van der Waals surface area contributed by atoms with Gasteiger partial charge in [0.05, 0.1) is 11.5 Å². The van der Waals surface area contributed by atoms with Crippen LogP contribution >= 0.6 is 0 Å². The van der Waals surface area contributed by atoms with Crippen LogP contribution in [0.3, 0.4) is 0 Å². The number of carboxylic acids is 1. The average Bonchev–Trinajstić information content (AvgIpc) is 2.81. The summed E-state index contributed by atoms with van der Waals surface area (Å²) in [6.45, 7) is 15.9. The maximum Gasteiger partial charge on any atom is 0.311 e. The number of aliphatic hydroxyl groups excluding tert-OH is 1. The van der Waals surface area contributed by atoms with Crippen LogP contribution in [0.15, 0.2) is 48.6 Å². The quantitative estimate of drug-likeness (QED) is 0.562. The molecule has 132 valence electrons. The highest BCUT2D eigenvalue weighted by atomic mass is 16.4. The first-order chi connectivity index (χ1) is 11.1. The van der Waals surface area contributed by atoms with Crippen molar-refractivity contribution in [2.45, 2.75) is 46.6 Å². The predicted octanol–water partition coefficient (Wildman–Crippen LogP) is 4.37. The molecule has 0 aromatic carbocycles. The van der Waals surface area contributed by atoms with Crippen molar-refractivity contribution in [2.75, 3.05) is 0 Å². The first-order valence-corrected chi connectivity index (χ1v) is 8.65. The predicted molar refractivity (Wildman–Crippen MR) is 97.5 cm³/mol. The lowest BCUT2D eigenvalue weighted by molar-refractivity contribution is -0.147. The molecule has 0 aromatic rings. The van der Waals surface area contributed by atoms with Gasteiger partial charge in [-0.15, -0.1) is 0 Å². The van der Waals surface area contributed by atoms with Crippen molar-refractivity contribution in [3.63, 3.8) is 0 Å². The minimum Gasteiger partial charge on any atom is -0.481 e. The summed E-state index contributed by atoms with van der Waals surface area (Å²) in [5.74, 6) is -1.06. The van der Waals surface area contributed by atoms with Gasteiger partial charge in [-0.05, 0) is 38.0 Å². The van der Waals surface area contributed by atoms with Crippen molar-refractivity contribution in [1.29, 1.82) is 0 Å². The van der Waals surface area contributed by atoms with E-state index >= 15 is 0 Å². The second-order valence-electron chi connectivity index (χ2n) is 8.05. The summed E-state index contributed by atoms with van der Waals surface area (Å²) in [7, 11) is 0. The van der Waals surface area contributed by atoms with Gasteiger partial charge in [-0.2, -0.15) is 0 Å². The van der Waals surface area contributed by atoms with Gasteiger partial charge in [0.25, 0.3) is 0 Å². The molecule has 0 bridgehead atoms. The van der Waals surface area contributed by atoms with Gasteiger partial charge in [0.15, 0.2) is 0 Å². The monoisotopic (exact) mass is 330 g/mol. The molecule has 0 radical (unpaired) electrons. The van der Waals surface area contributed by atoms with Crippen LogP contribution in [-0.2, 0) is 4.79 Å². The standard InChI is InChI=1S/C21H30O3/c1-7-8-9-10-15-14(4)16(12-17(15)22)21(19(23)24)18(11-13(2)3)20(21,5)6/h7-9,11,15-18,22H,1,4,10,12H2,2-3,5-6H3,(H,23,24)/t15-,16-,17+,18-,21-/m1/s1. The van der Waals surface area contributed by atoms with Crippen LogP contribution in [0.5, 0.6) is 0 Å². The molecule has 0 saturated heterocycles. The minimum atomic E-state index is -0.862. The SMILES string of the molecule is C=CC=CC[C@@H]1C(=C)[C@H]([C@]2(C(=O)O)[C@H](C=C(C)C)C2(C)C)C[C@@H]1O. The van der Waals surface area contributed by atoms with E-state index in [0.717, 1.165) is 11.1 Å². The third-order valence-corrected chi connectivity index (χ3v) is 6.18. The lowest BCUT2D eigenvalue weighted by Crippen LogP contribution is -2.30. The number of aliphatic hydroxyl groups is 1. The fourth-order valence-electron chi connectivity index (χ4n) is 4.91. The van der Waals surface area contributed by atoms with Gasteiger partial charge in [-0.1, -0.05) is 62.5 Å². The number of rotatable bonds is 6. The number of hydrogen-bond acceptors (Lipinski definition) is 2. The van der Waals surface area contributed by atoms with Gasteiger partial charge in [0.2, 0.25) is 0 Å². The van der Waals surface area contributed by atoms with Crippen LogP contribution in [0, 0.1) is 28.6 Å². The molecule has 2 saturated carbocycles. The van der Waals surface area contributed by atoms with E-state index in [-0.39, 0.29) is 23.2 Å². The number of carboxylic acid groups (broad SMARTS) is 1. The Bertz CT molecular complexity index is 607. The van der Waals surface area contributed by atoms with Gasteiger partial charge >= 0.3 is 5.97 Å². The highest BCUT2D eigenvalue weighted by Crippen LogP contribution is 2.76. The molecule has 0 spiro atoms. The molecule has 5 atom stereocenters. The van der Waals surface area contributed by atoms with E-state index in [4.69, 9.17) is 0 Å². The topological polar surface area (TPSA) is 57.5 Å². The molecular formula is C21H30O3. The summed E-state index contributed by atoms with van der Waals surface area (Å²) in [4.78, 5) is 12.3. The Hall–Kier alpha value is -1.61. The van der Waals surface area contributed by atoms with Gasteiger partial charge in [-0.3, -0.25) is 4.79 Å². The Kier molecular flexibility index (Phi) is 4.96. The first kappa shape index (κ1) is 18.7. The van der Waals surface area contributed by atoms with Crippen LogP contribution in [0.2, 0.25) is 0 Å². The van der Waals surface area contributed by atoms with Gasteiger partial charge in [-0.25, -0.2) is 0 Å². The van der Waals surface area contributed by atoms with Gasteiger partial charge in [0, 0.05) is 11.8 Å². The molecule has 2 rings (SSSR count).